The third kappa shape index (κ3) is 3.50. The van der Waals surface area contributed by atoms with Crippen LogP contribution in [0.15, 0.2) is 6.20 Å². The van der Waals surface area contributed by atoms with Crippen LogP contribution in [0.1, 0.15) is 26.7 Å². The fraction of sp³-hybridized carbons (Fsp3) is 0.692. The summed E-state index contributed by atoms with van der Waals surface area (Å²) in [5.41, 5.74) is -0.884. The third-order valence-electron chi connectivity index (χ3n) is 3.50. The molecule has 0 aromatic carbocycles. The summed E-state index contributed by atoms with van der Waals surface area (Å²) in [6.45, 7) is 5.65. The van der Waals surface area contributed by atoms with Gasteiger partial charge in [0.25, 0.3) is 0 Å². The predicted octanol–water partition coefficient (Wildman–Crippen LogP) is 1.90. The number of anilines is 2. The van der Waals surface area contributed by atoms with Gasteiger partial charge in [0.15, 0.2) is 5.82 Å². The molecule has 6 nitrogen and oxygen atoms in total. The lowest BCUT2D eigenvalue weighted by Gasteiger charge is -2.26. The van der Waals surface area contributed by atoms with Crippen molar-refractivity contribution < 1.29 is 9.84 Å². The summed E-state index contributed by atoms with van der Waals surface area (Å²) in [6, 6.07) is 0. The van der Waals surface area contributed by atoms with Gasteiger partial charge in [-0.05, 0) is 13.3 Å². The molecule has 7 heteroatoms. The van der Waals surface area contributed by atoms with Gasteiger partial charge in [-0.3, -0.25) is 0 Å². The first-order chi connectivity index (χ1) is 9.55. The first-order valence-corrected chi connectivity index (χ1v) is 7.27. The van der Waals surface area contributed by atoms with Gasteiger partial charge in [0.1, 0.15) is 10.6 Å². The molecule has 112 valence electrons. The van der Waals surface area contributed by atoms with E-state index in [0.717, 1.165) is 13.0 Å². The van der Waals surface area contributed by atoms with Crippen LogP contribution >= 0.6 is 11.6 Å². The number of ether oxygens (including phenoxy) is 1. The summed E-state index contributed by atoms with van der Waals surface area (Å²) in [7, 11) is 0. The SMILES string of the molecule is CCCNc1ncc(Cl)c(NCC2(O)CCOC2C)n1. The van der Waals surface area contributed by atoms with Gasteiger partial charge in [0.2, 0.25) is 5.95 Å². The second-order valence-electron chi connectivity index (χ2n) is 5.04. The van der Waals surface area contributed by atoms with E-state index >= 15 is 0 Å². The van der Waals surface area contributed by atoms with Crippen LogP contribution in [0.3, 0.4) is 0 Å². The molecule has 2 unspecified atom stereocenters. The Balaban J connectivity index is 2.01. The predicted molar refractivity (Wildman–Crippen MR) is 79.3 cm³/mol. The zero-order chi connectivity index (χ0) is 14.6. The van der Waals surface area contributed by atoms with Gasteiger partial charge in [-0.15, -0.1) is 0 Å². The highest BCUT2D eigenvalue weighted by Gasteiger charge is 2.39. The summed E-state index contributed by atoms with van der Waals surface area (Å²) >= 11 is 6.07. The van der Waals surface area contributed by atoms with Gasteiger partial charge in [0.05, 0.1) is 12.3 Å². The Bertz CT molecular complexity index is 460. The molecule has 1 aliphatic heterocycles. The minimum atomic E-state index is -0.884. The van der Waals surface area contributed by atoms with Crippen molar-refractivity contribution in [3.05, 3.63) is 11.2 Å². The molecule has 0 amide bonds. The number of nitrogens with zero attached hydrogens (tertiary/aromatic N) is 2. The maximum Gasteiger partial charge on any atom is 0.224 e. The Morgan fingerprint density at radius 3 is 3.00 bits per heavy atom. The standard InChI is InChI=1S/C13H21ClN4O2/c1-3-5-15-12-16-7-10(14)11(18-12)17-8-13(19)4-6-20-9(13)2/h7,9,19H,3-6,8H2,1-2H3,(H2,15,16,17,18). The number of aliphatic hydroxyl groups is 1. The van der Waals surface area contributed by atoms with Crippen LogP contribution in [0, 0.1) is 0 Å². The van der Waals surface area contributed by atoms with Crippen LogP contribution in [0.25, 0.3) is 0 Å². The van der Waals surface area contributed by atoms with Gasteiger partial charge in [-0.2, -0.15) is 4.98 Å². The molecule has 0 aliphatic carbocycles. The number of hydrogen-bond donors (Lipinski definition) is 3. The molecule has 1 aromatic heterocycles. The molecule has 0 saturated carbocycles. The van der Waals surface area contributed by atoms with Crippen LogP contribution in [-0.2, 0) is 4.74 Å². The molecule has 0 spiro atoms. The second kappa shape index (κ2) is 6.56. The number of rotatable bonds is 6. The van der Waals surface area contributed by atoms with Crippen molar-refractivity contribution in [2.75, 3.05) is 30.3 Å². The molecule has 1 aliphatic rings. The van der Waals surface area contributed by atoms with Crippen molar-refractivity contribution in [2.45, 2.75) is 38.4 Å². The molecule has 20 heavy (non-hydrogen) atoms. The molecule has 1 saturated heterocycles. The molecule has 3 N–H and O–H groups in total. The lowest BCUT2D eigenvalue weighted by atomic mass is 9.97. The summed E-state index contributed by atoms with van der Waals surface area (Å²) < 4.78 is 5.40. The van der Waals surface area contributed by atoms with Gasteiger partial charge < -0.3 is 20.5 Å². The van der Waals surface area contributed by atoms with E-state index in [9.17, 15) is 5.11 Å². The van der Waals surface area contributed by atoms with Crippen molar-refractivity contribution in [3.8, 4) is 0 Å². The van der Waals surface area contributed by atoms with E-state index < -0.39 is 5.60 Å². The van der Waals surface area contributed by atoms with E-state index in [4.69, 9.17) is 16.3 Å². The molecule has 2 rings (SSSR count). The second-order valence-corrected chi connectivity index (χ2v) is 5.44. The highest BCUT2D eigenvalue weighted by molar-refractivity contribution is 6.32. The van der Waals surface area contributed by atoms with Crippen molar-refractivity contribution in [3.63, 3.8) is 0 Å². The van der Waals surface area contributed by atoms with Crippen molar-refractivity contribution in [1.29, 1.82) is 0 Å². The minimum absolute atomic E-state index is 0.201. The van der Waals surface area contributed by atoms with Gasteiger partial charge >= 0.3 is 0 Å². The summed E-state index contributed by atoms with van der Waals surface area (Å²) in [5.74, 6) is 1.05. The first kappa shape index (κ1) is 15.3. The topological polar surface area (TPSA) is 79.3 Å². The fourth-order valence-electron chi connectivity index (χ4n) is 2.05. The number of halogens is 1. The van der Waals surface area contributed by atoms with E-state index in [0.29, 0.717) is 36.4 Å². The summed E-state index contributed by atoms with van der Waals surface area (Å²) in [4.78, 5) is 8.42. The largest absolute Gasteiger partial charge is 0.385 e. The Kier molecular flexibility index (Phi) is 5.01. The van der Waals surface area contributed by atoms with Crippen molar-refractivity contribution >= 4 is 23.4 Å². The van der Waals surface area contributed by atoms with Gasteiger partial charge in [-0.1, -0.05) is 18.5 Å². The molecule has 1 fully saturated rings. The molecule has 0 bridgehead atoms. The molecule has 2 atom stereocenters. The fourth-order valence-corrected chi connectivity index (χ4v) is 2.21. The lowest BCUT2D eigenvalue weighted by Crippen LogP contribution is -2.43. The number of aromatic nitrogens is 2. The maximum atomic E-state index is 10.4. The van der Waals surface area contributed by atoms with Crippen LogP contribution < -0.4 is 10.6 Å². The number of nitrogens with one attached hydrogen (secondary N) is 2. The van der Waals surface area contributed by atoms with Crippen LogP contribution in [0.4, 0.5) is 11.8 Å². The zero-order valence-electron chi connectivity index (χ0n) is 11.8. The highest BCUT2D eigenvalue weighted by atomic mass is 35.5. The van der Waals surface area contributed by atoms with E-state index in [1.807, 2.05) is 6.92 Å². The van der Waals surface area contributed by atoms with Crippen LogP contribution in [0.5, 0.6) is 0 Å². The van der Waals surface area contributed by atoms with Crippen LogP contribution in [-0.4, -0.2) is 46.5 Å². The maximum absolute atomic E-state index is 10.4. The van der Waals surface area contributed by atoms with E-state index in [1.165, 1.54) is 0 Å². The monoisotopic (exact) mass is 300 g/mol. The highest BCUT2D eigenvalue weighted by Crippen LogP contribution is 2.27. The Morgan fingerprint density at radius 2 is 2.35 bits per heavy atom. The first-order valence-electron chi connectivity index (χ1n) is 6.89. The van der Waals surface area contributed by atoms with Crippen molar-refractivity contribution in [1.82, 2.24) is 9.97 Å². The average molecular weight is 301 g/mol. The third-order valence-corrected chi connectivity index (χ3v) is 3.78. The average Bonchev–Trinajstić information content (AvgIpc) is 2.77. The molecule has 0 radical (unpaired) electrons. The molecular formula is C13H21ClN4O2. The Labute approximate surface area is 123 Å². The zero-order valence-corrected chi connectivity index (χ0v) is 12.6. The molecular weight excluding hydrogens is 280 g/mol. The van der Waals surface area contributed by atoms with E-state index in [1.54, 1.807) is 6.20 Å². The lowest BCUT2D eigenvalue weighted by molar-refractivity contribution is -0.0176. The van der Waals surface area contributed by atoms with E-state index in [2.05, 4.69) is 27.5 Å². The summed E-state index contributed by atoms with van der Waals surface area (Å²) in [5, 5.41) is 17.1. The normalized spacial score (nSPS) is 25.7. The van der Waals surface area contributed by atoms with Gasteiger partial charge in [-0.25, -0.2) is 4.98 Å². The smallest absolute Gasteiger partial charge is 0.224 e. The van der Waals surface area contributed by atoms with Crippen molar-refractivity contribution in [2.24, 2.45) is 0 Å². The quantitative estimate of drug-likeness (QED) is 0.745. The van der Waals surface area contributed by atoms with E-state index in [-0.39, 0.29) is 6.10 Å². The molecule has 2 heterocycles. The Morgan fingerprint density at radius 1 is 1.55 bits per heavy atom. The molecule has 1 aromatic rings. The van der Waals surface area contributed by atoms with Crippen LogP contribution in [0.2, 0.25) is 5.02 Å². The summed E-state index contributed by atoms with van der Waals surface area (Å²) in [6.07, 6.45) is 2.94. The van der Waals surface area contributed by atoms with Gasteiger partial charge in [0, 0.05) is 26.1 Å². The Hall–Kier alpha value is -1.11. The minimum Gasteiger partial charge on any atom is -0.385 e. The number of hydrogen-bond acceptors (Lipinski definition) is 6.